The molecule has 0 aromatic carbocycles. The van der Waals surface area contributed by atoms with Gasteiger partial charge in [-0.25, -0.2) is 0 Å². The summed E-state index contributed by atoms with van der Waals surface area (Å²) < 4.78 is 37.4. The Hall–Kier alpha value is -1.04. The van der Waals surface area contributed by atoms with Crippen molar-refractivity contribution in [2.24, 2.45) is 0 Å². The van der Waals surface area contributed by atoms with Gasteiger partial charge in [-0.05, 0) is 19.4 Å². The normalized spacial score (nSPS) is 12.0. The Kier molecular flexibility index (Phi) is 5.47. The molecule has 0 radical (unpaired) electrons. The number of alkyl halides is 3. The molecule has 0 spiro atoms. The fraction of sp³-hybridized carbons (Fsp3) is 0.727. The van der Waals surface area contributed by atoms with Crippen molar-refractivity contribution >= 4 is 0 Å². The van der Waals surface area contributed by atoms with Crippen molar-refractivity contribution in [1.29, 1.82) is 0 Å². The minimum absolute atomic E-state index is 0.118. The molecule has 1 aromatic heterocycles. The highest BCUT2D eigenvalue weighted by Gasteiger charge is 2.25. The number of nitrogens with zero attached hydrogens (tertiary/aromatic N) is 2. The summed E-state index contributed by atoms with van der Waals surface area (Å²) in [7, 11) is 0. The van der Waals surface area contributed by atoms with E-state index in [1.54, 1.807) is 6.20 Å². The van der Waals surface area contributed by atoms with Crippen molar-refractivity contribution in [3.8, 4) is 0 Å². The largest absolute Gasteiger partial charge is 0.389 e. The third-order valence-corrected chi connectivity index (χ3v) is 2.28. The summed E-state index contributed by atoms with van der Waals surface area (Å²) in [6.07, 6.45) is 0.0161. The number of hydrogen-bond acceptors (Lipinski definition) is 2. The van der Waals surface area contributed by atoms with Gasteiger partial charge in [0.15, 0.2) is 0 Å². The fourth-order valence-electron chi connectivity index (χ4n) is 1.50. The molecule has 1 N–H and O–H groups in total. The van der Waals surface area contributed by atoms with Crippen LogP contribution < -0.4 is 5.32 Å². The van der Waals surface area contributed by atoms with E-state index in [9.17, 15) is 13.2 Å². The fourth-order valence-corrected chi connectivity index (χ4v) is 1.50. The van der Waals surface area contributed by atoms with Gasteiger partial charge in [0.25, 0.3) is 0 Å². The molecule has 0 saturated carbocycles. The van der Waals surface area contributed by atoms with Crippen molar-refractivity contribution in [3.63, 3.8) is 0 Å². The smallest absolute Gasteiger partial charge is 0.313 e. The molecular weight excluding hydrogens is 231 g/mol. The summed E-state index contributed by atoms with van der Waals surface area (Å²) in [5.41, 5.74) is 1.01. The minimum atomic E-state index is -4.05. The molecule has 0 amide bonds. The molecule has 0 fully saturated rings. The molecule has 0 atom stereocenters. The standard InChI is InChI=1S/C11H18F3N3/c1-2-6-17-9-10(8-16-17)7-15-5-3-4-11(12,13)14/h8-9,15H,2-7H2,1H3. The van der Waals surface area contributed by atoms with Crippen molar-refractivity contribution < 1.29 is 13.2 Å². The third-order valence-electron chi connectivity index (χ3n) is 2.28. The maximum atomic E-state index is 11.9. The molecule has 6 heteroatoms. The Morgan fingerprint density at radius 1 is 1.41 bits per heavy atom. The highest BCUT2D eigenvalue weighted by molar-refractivity contribution is 5.03. The van der Waals surface area contributed by atoms with Crippen molar-refractivity contribution in [3.05, 3.63) is 18.0 Å². The van der Waals surface area contributed by atoms with Crippen molar-refractivity contribution in [2.75, 3.05) is 6.54 Å². The molecule has 1 heterocycles. The van der Waals surface area contributed by atoms with Crippen LogP contribution in [0, 0.1) is 0 Å². The summed E-state index contributed by atoms with van der Waals surface area (Å²) in [6.45, 7) is 3.88. The molecule has 0 aliphatic carbocycles. The lowest BCUT2D eigenvalue weighted by molar-refractivity contribution is -0.135. The Morgan fingerprint density at radius 2 is 2.18 bits per heavy atom. The lowest BCUT2D eigenvalue weighted by atomic mass is 10.3. The van der Waals surface area contributed by atoms with E-state index in [1.807, 2.05) is 10.9 Å². The maximum absolute atomic E-state index is 11.9. The van der Waals surface area contributed by atoms with Gasteiger partial charge < -0.3 is 5.32 Å². The molecule has 0 aliphatic heterocycles. The van der Waals surface area contributed by atoms with Gasteiger partial charge in [0, 0.05) is 31.3 Å². The van der Waals surface area contributed by atoms with Crippen molar-refractivity contribution in [2.45, 2.75) is 45.5 Å². The summed E-state index contributed by atoms with van der Waals surface area (Å²) in [5.74, 6) is 0. The SMILES string of the molecule is CCCn1cc(CNCCCC(F)(F)F)cn1. The highest BCUT2D eigenvalue weighted by Crippen LogP contribution is 2.20. The van der Waals surface area contributed by atoms with E-state index in [4.69, 9.17) is 0 Å². The monoisotopic (exact) mass is 249 g/mol. The Balaban J connectivity index is 2.13. The summed E-state index contributed by atoms with van der Waals surface area (Å²) in [4.78, 5) is 0. The number of hydrogen-bond donors (Lipinski definition) is 1. The van der Waals surface area contributed by atoms with Gasteiger partial charge in [0.05, 0.1) is 6.20 Å². The van der Waals surface area contributed by atoms with Crippen LogP contribution in [0.3, 0.4) is 0 Å². The van der Waals surface area contributed by atoms with Gasteiger partial charge >= 0.3 is 6.18 Å². The first-order chi connectivity index (χ1) is 8.01. The van der Waals surface area contributed by atoms with E-state index in [2.05, 4.69) is 17.3 Å². The van der Waals surface area contributed by atoms with Gasteiger partial charge in [-0.3, -0.25) is 4.68 Å². The van der Waals surface area contributed by atoms with Crippen molar-refractivity contribution in [1.82, 2.24) is 15.1 Å². The molecule has 3 nitrogen and oxygen atoms in total. The molecule has 0 bridgehead atoms. The molecule has 0 aliphatic rings. The van der Waals surface area contributed by atoms with Crippen LogP contribution in [0.15, 0.2) is 12.4 Å². The number of aryl methyl sites for hydroxylation is 1. The van der Waals surface area contributed by atoms with E-state index in [-0.39, 0.29) is 6.42 Å². The lowest BCUT2D eigenvalue weighted by Crippen LogP contribution is -2.17. The van der Waals surface area contributed by atoms with Crippen LogP contribution in [0.5, 0.6) is 0 Å². The van der Waals surface area contributed by atoms with E-state index >= 15 is 0 Å². The molecule has 98 valence electrons. The van der Waals surface area contributed by atoms with Gasteiger partial charge in [0.2, 0.25) is 0 Å². The molecule has 1 aromatic rings. The molecule has 1 rings (SSSR count). The van der Waals surface area contributed by atoms with Crippen LogP contribution in [0.1, 0.15) is 31.7 Å². The molecular formula is C11H18F3N3. The zero-order valence-corrected chi connectivity index (χ0v) is 9.93. The Labute approximate surface area is 99.0 Å². The third kappa shape index (κ3) is 6.31. The van der Waals surface area contributed by atoms with Gasteiger partial charge in [-0.2, -0.15) is 18.3 Å². The quantitative estimate of drug-likeness (QED) is 0.753. The lowest BCUT2D eigenvalue weighted by Gasteiger charge is -2.06. The van der Waals surface area contributed by atoms with E-state index in [1.165, 1.54) is 0 Å². The second-order valence-corrected chi connectivity index (χ2v) is 4.01. The van der Waals surface area contributed by atoms with Gasteiger partial charge in [-0.1, -0.05) is 6.92 Å². The number of aromatic nitrogens is 2. The van der Waals surface area contributed by atoms with E-state index in [0.29, 0.717) is 13.1 Å². The zero-order chi connectivity index (χ0) is 12.7. The van der Waals surface area contributed by atoms with Crippen LogP contribution in [0.2, 0.25) is 0 Å². The first-order valence-corrected chi connectivity index (χ1v) is 5.80. The molecule has 0 saturated heterocycles. The predicted octanol–water partition coefficient (Wildman–Crippen LogP) is 2.73. The van der Waals surface area contributed by atoms with Crippen LogP contribution >= 0.6 is 0 Å². The van der Waals surface area contributed by atoms with E-state index < -0.39 is 12.6 Å². The van der Waals surface area contributed by atoms with Gasteiger partial charge in [0.1, 0.15) is 0 Å². The first-order valence-electron chi connectivity index (χ1n) is 5.80. The summed E-state index contributed by atoms with van der Waals surface area (Å²) >= 11 is 0. The van der Waals surface area contributed by atoms with Crippen LogP contribution in [-0.2, 0) is 13.1 Å². The second-order valence-electron chi connectivity index (χ2n) is 4.01. The van der Waals surface area contributed by atoms with Crippen LogP contribution in [0.4, 0.5) is 13.2 Å². The van der Waals surface area contributed by atoms with Crippen LogP contribution in [0.25, 0.3) is 0 Å². The predicted molar refractivity (Wildman–Crippen MR) is 59.5 cm³/mol. The Bertz CT molecular complexity index is 320. The maximum Gasteiger partial charge on any atom is 0.389 e. The highest BCUT2D eigenvalue weighted by atomic mass is 19.4. The Morgan fingerprint density at radius 3 is 2.82 bits per heavy atom. The van der Waals surface area contributed by atoms with Crippen LogP contribution in [-0.4, -0.2) is 22.5 Å². The number of nitrogens with one attached hydrogen (secondary N) is 1. The average molecular weight is 249 g/mol. The summed E-state index contributed by atoms with van der Waals surface area (Å²) in [6, 6.07) is 0. The summed E-state index contributed by atoms with van der Waals surface area (Å²) in [5, 5.41) is 7.12. The topological polar surface area (TPSA) is 29.9 Å². The second kappa shape index (κ2) is 6.64. The average Bonchev–Trinajstić information content (AvgIpc) is 2.64. The molecule has 17 heavy (non-hydrogen) atoms. The zero-order valence-electron chi connectivity index (χ0n) is 9.93. The number of halogens is 3. The number of rotatable bonds is 7. The van der Waals surface area contributed by atoms with E-state index in [0.717, 1.165) is 18.5 Å². The first kappa shape index (κ1) is 14.0. The minimum Gasteiger partial charge on any atom is -0.313 e. The molecule has 0 unspecified atom stereocenters. The van der Waals surface area contributed by atoms with Gasteiger partial charge in [-0.15, -0.1) is 0 Å².